The Balaban J connectivity index is 1.56. The summed E-state index contributed by atoms with van der Waals surface area (Å²) in [6, 6.07) is 0. The number of esters is 2. The van der Waals surface area contributed by atoms with Gasteiger partial charge in [-0.3, -0.25) is 14.5 Å². The Kier molecular flexibility index (Phi) is 9.65. The van der Waals surface area contributed by atoms with Gasteiger partial charge in [0.05, 0.1) is 0 Å². The van der Waals surface area contributed by atoms with E-state index in [4.69, 9.17) is 9.47 Å². The molecule has 0 saturated carbocycles. The van der Waals surface area contributed by atoms with Crippen LogP contribution in [0.5, 0.6) is 0 Å². The number of piperidine rings is 2. The fourth-order valence-corrected chi connectivity index (χ4v) is 6.23. The van der Waals surface area contributed by atoms with Gasteiger partial charge in [0.25, 0.3) is 0 Å². The summed E-state index contributed by atoms with van der Waals surface area (Å²) in [5.41, 5.74) is 0.00342. The molecule has 2 aliphatic rings. The van der Waals surface area contributed by atoms with Crippen molar-refractivity contribution in [3.8, 4) is 0 Å². The minimum Gasteiger partial charge on any atom is -0.462 e. The SMILES string of the molecule is CN1C(C)(C)CC(OC(=O)CCCCCCCC(=O)OC2CC(C)(C)NC(C)(C)C2)CC1(C)C. The first-order chi connectivity index (χ1) is 15.5. The first kappa shape index (κ1) is 29.1. The van der Waals surface area contributed by atoms with Crippen molar-refractivity contribution < 1.29 is 19.1 Å². The lowest BCUT2D eigenvalue weighted by Crippen LogP contribution is -2.60. The molecule has 0 aromatic rings. The summed E-state index contributed by atoms with van der Waals surface area (Å²) in [4.78, 5) is 27.1. The lowest BCUT2D eigenvalue weighted by atomic mass is 9.79. The molecule has 0 unspecified atom stereocenters. The third kappa shape index (κ3) is 9.14. The molecule has 34 heavy (non-hydrogen) atoms. The number of likely N-dealkylation sites (tertiary alicyclic amines) is 1. The van der Waals surface area contributed by atoms with Gasteiger partial charge in [0.15, 0.2) is 0 Å². The number of nitrogens with zero attached hydrogens (tertiary/aromatic N) is 1. The van der Waals surface area contributed by atoms with Crippen molar-refractivity contribution in [3.63, 3.8) is 0 Å². The minimum absolute atomic E-state index is 0.00388. The maximum absolute atomic E-state index is 12.4. The van der Waals surface area contributed by atoms with Gasteiger partial charge in [0.1, 0.15) is 12.2 Å². The monoisotopic (exact) mass is 480 g/mol. The average molecular weight is 481 g/mol. The van der Waals surface area contributed by atoms with Crippen molar-refractivity contribution in [2.75, 3.05) is 7.05 Å². The van der Waals surface area contributed by atoms with Crippen molar-refractivity contribution in [3.05, 3.63) is 0 Å². The number of rotatable bonds is 10. The highest BCUT2D eigenvalue weighted by Gasteiger charge is 2.44. The number of carbonyl (C=O) groups excluding carboxylic acids is 2. The van der Waals surface area contributed by atoms with Crippen LogP contribution in [0.25, 0.3) is 0 Å². The molecule has 6 heteroatoms. The van der Waals surface area contributed by atoms with Gasteiger partial charge in [0, 0.05) is 60.7 Å². The van der Waals surface area contributed by atoms with Crippen molar-refractivity contribution in [1.82, 2.24) is 10.2 Å². The highest BCUT2D eigenvalue weighted by molar-refractivity contribution is 5.70. The predicted molar refractivity (Wildman–Crippen MR) is 138 cm³/mol. The molecule has 0 radical (unpaired) electrons. The Hall–Kier alpha value is -1.14. The van der Waals surface area contributed by atoms with Gasteiger partial charge >= 0.3 is 11.9 Å². The second-order valence-electron chi connectivity index (χ2n) is 13.4. The molecule has 0 aromatic heterocycles. The van der Waals surface area contributed by atoms with Gasteiger partial charge in [-0.05, 0) is 75.3 Å². The van der Waals surface area contributed by atoms with Crippen LogP contribution in [-0.2, 0) is 19.1 Å². The first-order valence-corrected chi connectivity index (χ1v) is 13.4. The Labute approximate surface area is 208 Å². The summed E-state index contributed by atoms with van der Waals surface area (Å²) >= 11 is 0. The second kappa shape index (κ2) is 11.3. The standard InChI is InChI=1S/C28H52N2O4/c1-25(2)17-21(18-26(3,4)29-25)33-23(31)15-13-11-10-12-14-16-24(32)34-22-19-27(5,6)30(9)28(7,8)20-22/h21-22,29H,10-20H2,1-9H3. The third-order valence-electron chi connectivity index (χ3n) is 7.78. The molecule has 2 rings (SSSR count). The molecule has 6 nitrogen and oxygen atoms in total. The zero-order chi connectivity index (χ0) is 25.8. The van der Waals surface area contributed by atoms with Crippen LogP contribution < -0.4 is 5.32 Å². The van der Waals surface area contributed by atoms with Crippen LogP contribution in [0, 0.1) is 0 Å². The van der Waals surface area contributed by atoms with E-state index in [2.05, 4.69) is 72.7 Å². The van der Waals surface area contributed by atoms with E-state index in [0.717, 1.165) is 57.8 Å². The number of nitrogens with one attached hydrogen (secondary N) is 1. The highest BCUT2D eigenvalue weighted by Crippen LogP contribution is 2.38. The Morgan fingerprint density at radius 3 is 1.44 bits per heavy atom. The minimum atomic E-state index is -0.0777. The molecule has 0 aliphatic carbocycles. The summed E-state index contributed by atoms with van der Waals surface area (Å²) in [6.45, 7) is 17.5. The maximum atomic E-state index is 12.4. The third-order valence-corrected chi connectivity index (χ3v) is 7.78. The van der Waals surface area contributed by atoms with E-state index in [1.807, 2.05) is 0 Å². The molecular formula is C28H52N2O4. The van der Waals surface area contributed by atoms with Gasteiger partial charge < -0.3 is 14.8 Å². The van der Waals surface area contributed by atoms with E-state index in [9.17, 15) is 9.59 Å². The fourth-order valence-electron chi connectivity index (χ4n) is 6.23. The summed E-state index contributed by atoms with van der Waals surface area (Å²) < 4.78 is 11.6. The van der Waals surface area contributed by atoms with Gasteiger partial charge in [-0.1, -0.05) is 19.3 Å². The quantitative estimate of drug-likeness (QED) is 0.316. The van der Waals surface area contributed by atoms with E-state index in [1.54, 1.807) is 0 Å². The van der Waals surface area contributed by atoms with Gasteiger partial charge in [-0.2, -0.15) is 0 Å². The normalized spacial score (nSPS) is 24.5. The fraction of sp³-hybridized carbons (Fsp3) is 0.929. The zero-order valence-corrected chi connectivity index (χ0v) is 23.5. The molecule has 2 aliphatic heterocycles. The van der Waals surface area contributed by atoms with Gasteiger partial charge in [-0.15, -0.1) is 0 Å². The predicted octanol–water partition coefficient (Wildman–Crippen LogP) is 5.76. The lowest BCUT2D eigenvalue weighted by Gasteiger charge is -2.53. The topological polar surface area (TPSA) is 67.9 Å². The number of ether oxygens (including phenoxy) is 2. The summed E-state index contributed by atoms with van der Waals surface area (Å²) in [7, 11) is 2.16. The van der Waals surface area contributed by atoms with Crippen LogP contribution in [0.3, 0.4) is 0 Å². The maximum Gasteiger partial charge on any atom is 0.306 e. The molecule has 0 amide bonds. The van der Waals surface area contributed by atoms with Gasteiger partial charge in [0.2, 0.25) is 0 Å². The number of hydrogen-bond acceptors (Lipinski definition) is 6. The number of unbranched alkanes of at least 4 members (excludes halogenated alkanes) is 4. The smallest absolute Gasteiger partial charge is 0.306 e. The molecule has 2 saturated heterocycles. The molecule has 0 bridgehead atoms. The van der Waals surface area contributed by atoms with Crippen molar-refractivity contribution in [2.24, 2.45) is 0 Å². The molecule has 2 heterocycles. The number of hydrogen-bond donors (Lipinski definition) is 1. The highest BCUT2D eigenvalue weighted by atomic mass is 16.5. The van der Waals surface area contributed by atoms with Crippen LogP contribution in [0.15, 0.2) is 0 Å². The summed E-state index contributed by atoms with van der Waals surface area (Å²) in [5, 5.41) is 3.62. The second-order valence-corrected chi connectivity index (χ2v) is 13.4. The molecule has 2 fully saturated rings. The van der Waals surface area contributed by atoms with Crippen LogP contribution in [0.2, 0.25) is 0 Å². The van der Waals surface area contributed by atoms with E-state index in [0.29, 0.717) is 12.8 Å². The van der Waals surface area contributed by atoms with E-state index in [-0.39, 0.29) is 46.3 Å². The Morgan fingerprint density at radius 2 is 1.03 bits per heavy atom. The molecule has 0 aromatic carbocycles. The van der Waals surface area contributed by atoms with E-state index in [1.165, 1.54) is 0 Å². The van der Waals surface area contributed by atoms with Crippen molar-refractivity contribution in [2.45, 2.75) is 160 Å². The Morgan fingerprint density at radius 1 is 0.676 bits per heavy atom. The van der Waals surface area contributed by atoms with Crippen LogP contribution in [-0.4, -0.2) is 58.2 Å². The van der Waals surface area contributed by atoms with E-state index < -0.39 is 0 Å². The van der Waals surface area contributed by atoms with Crippen LogP contribution >= 0.6 is 0 Å². The van der Waals surface area contributed by atoms with E-state index >= 15 is 0 Å². The summed E-state index contributed by atoms with van der Waals surface area (Å²) in [5.74, 6) is -0.149. The van der Waals surface area contributed by atoms with Crippen molar-refractivity contribution in [1.29, 1.82) is 0 Å². The number of carbonyl (C=O) groups is 2. The van der Waals surface area contributed by atoms with Crippen LogP contribution in [0.4, 0.5) is 0 Å². The first-order valence-electron chi connectivity index (χ1n) is 13.4. The molecule has 198 valence electrons. The summed E-state index contributed by atoms with van der Waals surface area (Å²) in [6.07, 6.45) is 9.12. The lowest BCUT2D eigenvalue weighted by molar-refractivity contribution is -0.159. The van der Waals surface area contributed by atoms with Crippen molar-refractivity contribution >= 4 is 11.9 Å². The van der Waals surface area contributed by atoms with Gasteiger partial charge in [-0.25, -0.2) is 0 Å². The molecule has 0 spiro atoms. The largest absolute Gasteiger partial charge is 0.462 e. The molecule has 1 N–H and O–H groups in total. The molecule has 0 atom stereocenters. The Bertz CT molecular complexity index is 665. The zero-order valence-electron chi connectivity index (χ0n) is 23.5. The van der Waals surface area contributed by atoms with Crippen LogP contribution in [0.1, 0.15) is 126 Å². The average Bonchev–Trinajstić information content (AvgIpc) is 2.62. The molecular weight excluding hydrogens is 428 g/mol.